The molecule has 1 fully saturated rings. The van der Waals surface area contributed by atoms with Gasteiger partial charge in [-0.2, -0.15) is 4.39 Å². The second kappa shape index (κ2) is 13.9. The molecule has 3 aromatic rings. The highest BCUT2D eigenvalue weighted by atomic mass is 19.4. The van der Waals surface area contributed by atoms with Crippen molar-refractivity contribution in [3.8, 4) is 5.75 Å². The molecule has 1 unspecified atom stereocenters. The van der Waals surface area contributed by atoms with Gasteiger partial charge in [0.05, 0.1) is 0 Å². The zero-order valence-corrected chi connectivity index (χ0v) is 25.0. The first kappa shape index (κ1) is 32.4. The van der Waals surface area contributed by atoms with E-state index in [0.717, 1.165) is 43.4 Å². The fourth-order valence-electron chi connectivity index (χ4n) is 7.14. The molecule has 5 rings (SSSR count). The fraction of sp³-hybridized carbons (Fsp3) is 0.500. The maximum absolute atomic E-state index is 15.8. The number of benzene rings is 3. The highest BCUT2D eigenvalue weighted by molar-refractivity contribution is 5.40. The average molecular weight is 621 g/mol. The minimum absolute atomic E-state index is 0.0455. The van der Waals surface area contributed by atoms with E-state index >= 15 is 8.78 Å². The number of hydrogen-bond acceptors (Lipinski definition) is 1. The molecule has 238 valence electrons. The molecule has 8 heteroatoms. The van der Waals surface area contributed by atoms with E-state index in [1.165, 1.54) is 36.5 Å². The molecule has 0 amide bonds. The highest BCUT2D eigenvalue weighted by Crippen LogP contribution is 2.45. The first-order valence-electron chi connectivity index (χ1n) is 15.8. The minimum Gasteiger partial charge on any atom is -0.403 e. The fourth-order valence-corrected chi connectivity index (χ4v) is 7.14. The third kappa shape index (κ3) is 7.60. The Labute approximate surface area is 254 Å². The van der Waals surface area contributed by atoms with Crippen molar-refractivity contribution in [2.24, 2.45) is 5.92 Å². The average Bonchev–Trinajstić information content (AvgIpc) is 2.99. The second-order valence-electron chi connectivity index (χ2n) is 12.5. The molecule has 0 N–H and O–H groups in total. The van der Waals surface area contributed by atoms with Crippen LogP contribution in [-0.4, -0.2) is 6.36 Å². The van der Waals surface area contributed by atoms with Gasteiger partial charge in [-0.3, -0.25) is 0 Å². The van der Waals surface area contributed by atoms with Crippen LogP contribution in [-0.2, 0) is 25.7 Å². The van der Waals surface area contributed by atoms with Crippen LogP contribution in [0.5, 0.6) is 5.75 Å². The first-order valence-corrected chi connectivity index (χ1v) is 15.8. The highest BCUT2D eigenvalue weighted by Gasteiger charge is 2.35. The van der Waals surface area contributed by atoms with E-state index in [1.807, 2.05) is 0 Å². The van der Waals surface area contributed by atoms with Crippen LogP contribution in [0.15, 0.2) is 42.5 Å². The predicted molar refractivity (Wildman–Crippen MR) is 157 cm³/mol. The van der Waals surface area contributed by atoms with Crippen LogP contribution in [0.3, 0.4) is 0 Å². The van der Waals surface area contributed by atoms with E-state index in [-0.39, 0.29) is 11.1 Å². The number of fused-ring (bicyclic) bond motifs is 1. The van der Waals surface area contributed by atoms with Gasteiger partial charge in [-0.25, -0.2) is 13.2 Å². The number of halogens is 7. The molecule has 1 nitrogen and oxygen atoms in total. The number of ether oxygens (including phenoxy) is 1. The van der Waals surface area contributed by atoms with Crippen LogP contribution in [0.25, 0.3) is 0 Å². The summed E-state index contributed by atoms with van der Waals surface area (Å²) in [6.45, 7) is 2.20. The van der Waals surface area contributed by atoms with E-state index < -0.39 is 47.2 Å². The Balaban J connectivity index is 1.19. The van der Waals surface area contributed by atoms with Gasteiger partial charge in [-0.15, -0.1) is 13.2 Å². The number of rotatable bonds is 10. The van der Waals surface area contributed by atoms with Crippen LogP contribution in [0.1, 0.15) is 110 Å². The maximum atomic E-state index is 15.8. The van der Waals surface area contributed by atoms with Crippen LogP contribution < -0.4 is 4.74 Å². The summed E-state index contributed by atoms with van der Waals surface area (Å²) in [6, 6.07) is 12.2. The van der Waals surface area contributed by atoms with Crippen molar-refractivity contribution >= 4 is 0 Å². The number of aryl methyl sites for hydroxylation is 2. The first-order chi connectivity index (χ1) is 21.0. The third-order valence-corrected chi connectivity index (χ3v) is 9.57. The topological polar surface area (TPSA) is 9.23 Å². The smallest absolute Gasteiger partial charge is 0.403 e. The van der Waals surface area contributed by atoms with Crippen molar-refractivity contribution in [2.75, 3.05) is 0 Å². The quantitative estimate of drug-likeness (QED) is 0.162. The van der Waals surface area contributed by atoms with Gasteiger partial charge in [0.2, 0.25) is 5.82 Å². The standard InChI is InChI=1S/C36H39F7O/c1-2-3-4-5-22-6-8-23(9-7-22)10-11-24-12-17-29-27(20-24)21-30(37)32(33(29)38)26-15-13-25(14-16-26)28-18-19-31(35(40)34(28)39)44-36(41,42)43/h6-9,18-19,21,24-26H,2-5,10-17,20H2,1H3. The molecular formula is C36H39F7O. The molecule has 1 atom stereocenters. The van der Waals surface area contributed by atoms with E-state index in [0.29, 0.717) is 50.0 Å². The Morgan fingerprint density at radius 2 is 1.41 bits per heavy atom. The number of alkyl halides is 3. The zero-order chi connectivity index (χ0) is 31.4. The Hall–Kier alpha value is -3.03. The van der Waals surface area contributed by atoms with Gasteiger partial charge in [0.25, 0.3) is 0 Å². The lowest BCUT2D eigenvalue weighted by molar-refractivity contribution is -0.275. The normalized spacial score (nSPS) is 20.4. The van der Waals surface area contributed by atoms with Crippen molar-refractivity contribution in [3.05, 3.63) is 99.1 Å². The SMILES string of the molecule is CCCCCc1ccc(CCC2CCc3c(cc(F)c(C4CCC(c5ccc(OC(F)(F)F)c(F)c5F)CC4)c3F)C2)cc1. The molecular weight excluding hydrogens is 581 g/mol. The minimum atomic E-state index is -5.14. The summed E-state index contributed by atoms with van der Waals surface area (Å²) >= 11 is 0. The molecule has 3 aromatic carbocycles. The molecule has 0 spiro atoms. The van der Waals surface area contributed by atoms with E-state index in [9.17, 15) is 22.0 Å². The summed E-state index contributed by atoms with van der Waals surface area (Å²) in [6.07, 6.45) is 4.93. The van der Waals surface area contributed by atoms with Gasteiger partial charge in [-0.1, -0.05) is 50.1 Å². The summed E-state index contributed by atoms with van der Waals surface area (Å²) in [7, 11) is 0. The van der Waals surface area contributed by atoms with Gasteiger partial charge >= 0.3 is 6.36 Å². The van der Waals surface area contributed by atoms with Crippen LogP contribution >= 0.6 is 0 Å². The van der Waals surface area contributed by atoms with Crippen LogP contribution in [0, 0.1) is 29.2 Å². The summed E-state index contributed by atoms with van der Waals surface area (Å²) in [5.74, 6) is -5.85. The summed E-state index contributed by atoms with van der Waals surface area (Å²) in [5.41, 5.74) is 3.99. The lowest BCUT2D eigenvalue weighted by atomic mass is 9.74. The van der Waals surface area contributed by atoms with Crippen LogP contribution in [0.2, 0.25) is 0 Å². The van der Waals surface area contributed by atoms with Crippen LogP contribution in [0.4, 0.5) is 30.7 Å². The van der Waals surface area contributed by atoms with E-state index in [4.69, 9.17) is 0 Å². The van der Waals surface area contributed by atoms with Crippen molar-refractivity contribution in [1.82, 2.24) is 0 Å². The van der Waals surface area contributed by atoms with Gasteiger partial charge < -0.3 is 4.74 Å². The van der Waals surface area contributed by atoms with Crippen molar-refractivity contribution in [3.63, 3.8) is 0 Å². The molecule has 0 saturated heterocycles. The maximum Gasteiger partial charge on any atom is 0.573 e. The van der Waals surface area contributed by atoms with Gasteiger partial charge in [0, 0.05) is 5.56 Å². The molecule has 0 radical (unpaired) electrons. The molecule has 0 bridgehead atoms. The van der Waals surface area contributed by atoms with Gasteiger partial charge in [0.1, 0.15) is 11.6 Å². The Morgan fingerprint density at radius 3 is 2.07 bits per heavy atom. The molecule has 0 heterocycles. The van der Waals surface area contributed by atoms with Crippen molar-refractivity contribution < 1.29 is 35.5 Å². The van der Waals surface area contributed by atoms with Gasteiger partial charge in [-0.05, 0) is 128 Å². The Kier molecular flexibility index (Phi) is 10.3. The molecule has 2 aliphatic rings. The van der Waals surface area contributed by atoms with E-state index in [2.05, 4.69) is 35.9 Å². The Morgan fingerprint density at radius 1 is 0.750 bits per heavy atom. The Bertz CT molecular complexity index is 1420. The molecule has 0 aliphatic heterocycles. The van der Waals surface area contributed by atoms with Crippen molar-refractivity contribution in [1.29, 1.82) is 0 Å². The van der Waals surface area contributed by atoms with Gasteiger partial charge in [0.15, 0.2) is 11.6 Å². The summed E-state index contributed by atoms with van der Waals surface area (Å²) in [4.78, 5) is 0. The predicted octanol–water partition coefficient (Wildman–Crippen LogP) is 11.1. The third-order valence-electron chi connectivity index (χ3n) is 9.57. The molecule has 44 heavy (non-hydrogen) atoms. The number of hydrogen-bond donors (Lipinski definition) is 0. The second-order valence-corrected chi connectivity index (χ2v) is 12.5. The monoisotopic (exact) mass is 620 g/mol. The number of unbranched alkanes of at least 4 members (excludes halogenated alkanes) is 2. The largest absolute Gasteiger partial charge is 0.573 e. The lowest BCUT2D eigenvalue weighted by Gasteiger charge is -2.32. The summed E-state index contributed by atoms with van der Waals surface area (Å²) < 4.78 is 101. The summed E-state index contributed by atoms with van der Waals surface area (Å²) in [5, 5.41) is 0. The molecule has 2 aliphatic carbocycles. The van der Waals surface area contributed by atoms with Crippen molar-refractivity contribution in [2.45, 2.75) is 109 Å². The molecule has 1 saturated carbocycles. The van der Waals surface area contributed by atoms with E-state index in [1.54, 1.807) is 0 Å². The molecule has 0 aromatic heterocycles. The zero-order valence-electron chi connectivity index (χ0n) is 25.0. The lowest BCUT2D eigenvalue weighted by Crippen LogP contribution is -2.21.